The molecule has 0 aliphatic carbocycles. The highest BCUT2D eigenvalue weighted by molar-refractivity contribution is 7.87. The second-order valence-electron chi connectivity index (χ2n) is 7.98. The van der Waals surface area contributed by atoms with Gasteiger partial charge in [-0.25, -0.2) is 0 Å². The maximum atomic E-state index is 12.9. The summed E-state index contributed by atoms with van der Waals surface area (Å²) in [7, 11) is -3.47. The highest BCUT2D eigenvalue weighted by atomic mass is 32.2. The van der Waals surface area contributed by atoms with Crippen LogP contribution in [0.15, 0.2) is 24.3 Å². The first-order valence-electron chi connectivity index (χ1n) is 9.79. The van der Waals surface area contributed by atoms with Crippen molar-refractivity contribution in [1.29, 1.82) is 0 Å². The van der Waals surface area contributed by atoms with Crippen LogP contribution in [0.1, 0.15) is 43.7 Å². The molecule has 0 radical (unpaired) electrons. The molecule has 0 saturated carbocycles. The summed E-state index contributed by atoms with van der Waals surface area (Å²) in [6, 6.07) is 5.26. The second kappa shape index (κ2) is 8.69. The van der Waals surface area contributed by atoms with Crippen LogP contribution in [-0.2, 0) is 22.9 Å². The van der Waals surface area contributed by atoms with E-state index < -0.39 is 21.9 Å². The maximum absolute atomic E-state index is 12.9. The Morgan fingerprint density at radius 2 is 1.86 bits per heavy atom. The number of rotatable bonds is 5. The quantitative estimate of drug-likeness (QED) is 0.797. The topological polar surface area (TPSA) is 52.7 Å². The third-order valence-electron chi connectivity index (χ3n) is 5.52. The van der Waals surface area contributed by atoms with Gasteiger partial charge in [-0.1, -0.05) is 25.1 Å². The average Bonchev–Trinajstić information content (AvgIpc) is 2.63. The van der Waals surface area contributed by atoms with E-state index >= 15 is 0 Å². The largest absolute Gasteiger partial charge is 0.416 e. The molecule has 0 spiro atoms. The van der Waals surface area contributed by atoms with Crippen LogP contribution in [0.4, 0.5) is 13.2 Å². The van der Waals surface area contributed by atoms with Crippen LogP contribution >= 0.6 is 0 Å². The Morgan fingerprint density at radius 3 is 2.50 bits per heavy atom. The maximum Gasteiger partial charge on any atom is 0.416 e. The van der Waals surface area contributed by atoms with E-state index in [1.165, 1.54) is 16.4 Å². The SMILES string of the molecule is C[C@@H]1CCCN(S(=O)(=O)NC2CCN(Cc3cccc(C(F)(F)F)c3)CC2)C1. The fourth-order valence-corrected chi connectivity index (χ4v) is 5.59. The number of hydrogen-bond acceptors (Lipinski definition) is 3. The van der Waals surface area contributed by atoms with E-state index in [1.54, 1.807) is 6.07 Å². The van der Waals surface area contributed by atoms with Crippen molar-refractivity contribution in [2.45, 2.75) is 51.4 Å². The highest BCUT2D eigenvalue weighted by Gasteiger charge is 2.32. The number of piperidine rings is 2. The van der Waals surface area contributed by atoms with Gasteiger partial charge < -0.3 is 0 Å². The van der Waals surface area contributed by atoms with Crippen LogP contribution in [0.2, 0.25) is 0 Å². The van der Waals surface area contributed by atoms with Crippen molar-refractivity contribution >= 4 is 10.2 Å². The molecule has 1 aromatic carbocycles. The van der Waals surface area contributed by atoms with E-state index in [4.69, 9.17) is 0 Å². The van der Waals surface area contributed by atoms with Gasteiger partial charge in [0, 0.05) is 38.8 Å². The van der Waals surface area contributed by atoms with Gasteiger partial charge >= 0.3 is 6.18 Å². The van der Waals surface area contributed by atoms with Crippen molar-refractivity contribution in [2.24, 2.45) is 5.92 Å². The van der Waals surface area contributed by atoms with E-state index in [0.717, 1.165) is 18.9 Å². The second-order valence-corrected chi connectivity index (χ2v) is 9.68. The van der Waals surface area contributed by atoms with Crippen LogP contribution in [0.5, 0.6) is 0 Å². The fraction of sp³-hybridized carbons (Fsp3) is 0.684. The van der Waals surface area contributed by atoms with Crippen molar-refractivity contribution in [3.05, 3.63) is 35.4 Å². The third-order valence-corrected chi connectivity index (χ3v) is 7.17. The molecule has 158 valence electrons. The van der Waals surface area contributed by atoms with E-state index in [-0.39, 0.29) is 6.04 Å². The van der Waals surface area contributed by atoms with E-state index in [1.807, 2.05) is 0 Å². The predicted molar refractivity (Wildman–Crippen MR) is 102 cm³/mol. The molecule has 2 aliphatic heterocycles. The van der Waals surface area contributed by atoms with Gasteiger partial charge in [0.15, 0.2) is 0 Å². The Bertz CT molecular complexity index is 762. The number of benzene rings is 1. The van der Waals surface area contributed by atoms with E-state index in [0.29, 0.717) is 57.0 Å². The van der Waals surface area contributed by atoms with Crippen molar-refractivity contribution in [2.75, 3.05) is 26.2 Å². The molecule has 0 unspecified atom stereocenters. The molecule has 1 N–H and O–H groups in total. The number of nitrogens with zero attached hydrogens (tertiary/aromatic N) is 2. The highest BCUT2D eigenvalue weighted by Crippen LogP contribution is 2.30. The normalized spacial score (nSPS) is 23.8. The summed E-state index contributed by atoms with van der Waals surface area (Å²) in [4.78, 5) is 2.07. The van der Waals surface area contributed by atoms with Gasteiger partial charge in [0.1, 0.15) is 0 Å². The van der Waals surface area contributed by atoms with E-state index in [9.17, 15) is 21.6 Å². The number of alkyl halides is 3. The number of nitrogens with one attached hydrogen (secondary N) is 1. The number of halogens is 3. The molecule has 2 aliphatic rings. The zero-order valence-corrected chi connectivity index (χ0v) is 16.9. The zero-order valence-electron chi connectivity index (χ0n) is 16.1. The lowest BCUT2D eigenvalue weighted by Crippen LogP contribution is -2.51. The summed E-state index contributed by atoms with van der Waals surface area (Å²) < 4.78 is 68.1. The molecule has 1 aromatic rings. The lowest BCUT2D eigenvalue weighted by atomic mass is 10.0. The van der Waals surface area contributed by atoms with Gasteiger partial charge in [-0.2, -0.15) is 30.6 Å². The van der Waals surface area contributed by atoms with Crippen molar-refractivity contribution in [1.82, 2.24) is 13.9 Å². The standard InChI is InChI=1S/C19H28F3N3O2S/c1-15-4-3-9-25(13-15)28(26,27)23-18-7-10-24(11-8-18)14-16-5-2-6-17(12-16)19(20,21)22/h2,5-6,12,15,18,23H,3-4,7-11,13-14H2,1H3/t15-/m1/s1. The van der Waals surface area contributed by atoms with Crippen LogP contribution in [0.3, 0.4) is 0 Å². The zero-order chi connectivity index (χ0) is 20.4. The smallest absolute Gasteiger partial charge is 0.299 e. The monoisotopic (exact) mass is 419 g/mol. The molecule has 28 heavy (non-hydrogen) atoms. The minimum atomic E-state index is -4.34. The van der Waals surface area contributed by atoms with Crippen LogP contribution in [0, 0.1) is 5.92 Å². The summed E-state index contributed by atoms with van der Waals surface area (Å²) in [6.07, 6.45) is -1.09. The Kier molecular flexibility index (Phi) is 6.69. The molecule has 0 amide bonds. The molecule has 0 bridgehead atoms. The molecule has 5 nitrogen and oxygen atoms in total. The summed E-state index contributed by atoms with van der Waals surface area (Å²) in [6.45, 7) is 4.93. The molecule has 2 fully saturated rings. The van der Waals surface area contributed by atoms with Gasteiger partial charge in [0.2, 0.25) is 0 Å². The molecular formula is C19H28F3N3O2S. The summed E-state index contributed by atoms with van der Waals surface area (Å²) >= 11 is 0. The summed E-state index contributed by atoms with van der Waals surface area (Å²) in [5.41, 5.74) is -0.0143. The molecule has 0 aromatic heterocycles. The van der Waals surface area contributed by atoms with Crippen LogP contribution < -0.4 is 4.72 Å². The van der Waals surface area contributed by atoms with Crippen LogP contribution in [-0.4, -0.2) is 49.8 Å². The van der Waals surface area contributed by atoms with Crippen molar-refractivity contribution in [3.8, 4) is 0 Å². The molecule has 9 heteroatoms. The predicted octanol–water partition coefficient (Wildman–Crippen LogP) is 3.24. The first kappa shape index (κ1) is 21.5. The average molecular weight is 420 g/mol. The molecular weight excluding hydrogens is 391 g/mol. The minimum absolute atomic E-state index is 0.125. The number of hydrogen-bond donors (Lipinski definition) is 1. The molecule has 1 atom stereocenters. The van der Waals surface area contributed by atoms with Gasteiger partial charge in [-0.15, -0.1) is 0 Å². The number of likely N-dealkylation sites (tertiary alicyclic amines) is 1. The van der Waals surface area contributed by atoms with Crippen LogP contribution in [0.25, 0.3) is 0 Å². The Morgan fingerprint density at radius 1 is 1.14 bits per heavy atom. The minimum Gasteiger partial charge on any atom is -0.299 e. The lowest BCUT2D eigenvalue weighted by Gasteiger charge is -2.35. The Balaban J connectivity index is 1.51. The van der Waals surface area contributed by atoms with Crippen molar-refractivity contribution < 1.29 is 21.6 Å². The van der Waals surface area contributed by atoms with Crippen molar-refractivity contribution in [3.63, 3.8) is 0 Å². The van der Waals surface area contributed by atoms with Gasteiger partial charge in [0.05, 0.1) is 5.56 Å². The van der Waals surface area contributed by atoms with E-state index in [2.05, 4.69) is 16.5 Å². The first-order valence-corrected chi connectivity index (χ1v) is 11.2. The molecule has 2 heterocycles. The Labute approximate surface area is 165 Å². The summed E-state index contributed by atoms with van der Waals surface area (Å²) in [5.74, 6) is 0.375. The molecule has 2 saturated heterocycles. The summed E-state index contributed by atoms with van der Waals surface area (Å²) in [5, 5.41) is 0. The lowest BCUT2D eigenvalue weighted by molar-refractivity contribution is -0.137. The van der Waals surface area contributed by atoms with Gasteiger partial charge in [0.25, 0.3) is 10.2 Å². The fourth-order valence-electron chi connectivity index (χ4n) is 3.96. The van der Waals surface area contributed by atoms with Gasteiger partial charge in [-0.05, 0) is 43.2 Å². The molecule has 3 rings (SSSR count). The third kappa shape index (κ3) is 5.68. The first-order chi connectivity index (χ1) is 13.1. The Hall–Kier alpha value is -1.16. The van der Waals surface area contributed by atoms with Gasteiger partial charge in [-0.3, -0.25) is 4.90 Å².